The van der Waals surface area contributed by atoms with E-state index in [0.29, 0.717) is 12.2 Å². The number of methoxy groups -OCH3 is 1. The van der Waals surface area contributed by atoms with Crippen LogP contribution in [0.2, 0.25) is 0 Å². The van der Waals surface area contributed by atoms with E-state index in [1.54, 1.807) is 18.3 Å². The molecule has 2 aromatic rings. The van der Waals surface area contributed by atoms with Crippen LogP contribution in [0.3, 0.4) is 0 Å². The molecule has 5 heteroatoms. The lowest BCUT2D eigenvalue weighted by atomic mass is 10.2. The number of aryl methyl sites for hydroxylation is 1. The molecule has 2 rings (SSSR count). The molecule has 0 fully saturated rings. The zero-order valence-corrected chi connectivity index (χ0v) is 9.75. The van der Waals surface area contributed by atoms with Crippen molar-refractivity contribution in [3.8, 4) is 5.75 Å². The van der Waals surface area contributed by atoms with Crippen LogP contribution in [-0.2, 0) is 6.54 Å². The van der Waals surface area contributed by atoms with Crippen LogP contribution in [0.15, 0.2) is 24.4 Å². The number of nitrogens with one attached hydrogen (secondary N) is 2. The molecule has 0 unspecified atom stereocenters. The van der Waals surface area contributed by atoms with Crippen LogP contribution in [0.1, 0.15) is 11.3 Å². The minimum absolute atomic E-state index is 0.245. The summed E-state index contributed by atoms with van der Waals surface area (Å²) in [5, 5.41) is 9.89. The first-order chi connectivity index (χ1) is 8.20. The fourth-order valence-electron chi connectivity index (χ4n) is 1.53. The van der Waals surface area contributed by atoms with E-state index in [0.717, 1.165) is 11.3 Å². The van der Waals surface area contributed by atoms with Gasteiger partial charge in [0, 0.05) is 29.6 Å². The highest BCUT2D eigenvalue weighted by Crippen LogP contribution is 2.21. The molecule has 2 N–H and O–H groups in total. The Bertz CT molecular complexity index is 510. The van der Waals surface area contributed by atoms with E-state index in [9.17, 15) is 4.39 Å². The molecular weight excluding hydrogens is 221 g/mol. The fourth-order valence-corrected chi connectivity index (χ4v) is 1.53. The van der Waals surface area contributed by atoms with Crippen molar-refractivity contribution >= 4 is 5.69 Å². The van der Waals surface area contributed by atoms with Gasteiger partial charge >= 0.3 is 0 Å². The van der Waals surface area contributed by atoms with Gasteiger partial charge in [-0.1, -0.05) is 0 Å². The summed E-state index contributed by atoms with van der Waals surface area (Å²) in [4.78, 5) is 0. The van der Waals surface area contributed by atoms with Crippen LogP contribution in [-0.4, -0.2) is 17.3 Å². The van der Waals surface area contributed by atoms with Gasteiger partial charge in [0.05, 0.1) is 13.3 Å². The molecule has 90 valence electrons. The molecule has 0 atom stereocenters. The molecule has 0 bridgehead atoms. The van der Waals surface area contributed by atoms with Crippen molar-refractivity contribution in [2.24, 2.45) is 0 Å². The topological polar surface area (TPSA) is 49.9 Å². The maximum Gasteiger partial charge on any atom is 0.167 e. The van der Waals surface area contributed by atoms with E-state index < -0.39 is 0 Å². The lowest BCUT2D eigenvalue weighted by molar-refractivity contribution is 0.386. The molecule has 1 aromatic carbocycles. The summed E-state index contributed by atoms with van der Waals surface area (Å²) >= 11 is 0. The summed E-state index contributed by atoms with van der Waals surface area (Å²) in [5.74, 6) is -0.128. The van der Waals surface area contributed by atoms with Crippen LogP contribution in [0.5, 0.6) is 5.75 Å². The number of aromatic amines is 1. The van der Waals surface area contributed by atoms with Crippen molar-refractivity contribution in [1.82, 2.24) is 10.2 Å². The standard InChI is InChI=1S/C12H14FN3O/c1-8-9(7-15-16-8)6-14-10-3-4-12(17-2)11(13)5-10/h3-5,7,14H,6H2,1-2H3,(H,15,16). The Morgan fingerprint density at radius 3 is 2.88 bits per heavy atom. The van der Waals surface area contributed by atoms with Gasteiger partial charge in [-0.15, -0.1) is 0 Å². The van der Waals surface area contributed by atoms with E-state index in [1.165, 1.54) is 13.2 Å². The zero-order chi connectivity index (χ0) is 12.3. The molecule has 0 spiro atoms. The third kappa shape index (κ3) is 2.55. The number of halogens is 1. The summed E-state index contributed by atoms with van der Waals surface area (Å²) in [6.07, 6.45) is 1.75. The summed E-state index contributed by atoms with van der Waals surface area (Å²) in [6, 6.07) is 4.78. The molecule has 0 radical (unpaired) electrons. The number of aromatic nitrogens is 2. The first-order valence-electron chi connectivity index (χ1n) is 5.27. The number of hydrogen-bond donors (Lipinski definition) is 2. The number of ether oxygens (including phenoxy) is 1. The smallest absolute Gasteiger partial charge is 0.167 e. The van der Waals surface area contributed by atoms with Crippen LogP contribution in [0, 0.1) is 12.7 Å². The maximum absolute atomic E-state index is 13.4. The molecule has 4 nitrogen and oxygen atoms in total. The lowest BCUT2D eigenvalue weighted by Crippen LogP contribution is -2.00. The normalized spacial score (nSPS) is 10.3. The summed E-state index contributed by atoms with van der Waals surface area (Å²) in [7, 11) is 1.44. The molecule has 0 aliphatic rings. The Morgan fingerprint density at radius 2 is 2.29 bits per heavy atom. The van der Waals surface area contributed by atoms with Crippen molar-refractivity contribution in [2.75, 3.05) is 12.4 Å². The Hall–Kier alpha value is -2.04. The molecule has 1 heterocycles. The van der Waals surface area contributed by atoms with Crippen LogP contribution in [0.25, 0.3) is 0 Å². The van der Waals surface area contributed by atoms with Gasteiger partial charge in [-0.3, -0.25) is 5.10 Å². The number of H-pyrrole nitrogens is 1. The second kappa shape index (κ2) is 4.86. The Labute approximate surface area is 98.8 Å². The predicted molar refractivity (Wildman–Crippen MR) is 63.6 cm³/mol. The monoisotopic (exact) mass is 235 g/mol. The van der Waals surface area contributed by atoms with E-state index in [1.807, 2.05) is 6.92 Å². The van der Waals surface area contributed by atoms with Crippen molar-refractivity contribution in [1.29, 1.82) is 0 Å². The maximum atomic E-state index is 13.4. The first kappa shape index (κ1) is 11.4. The zero-order valence-electron chi connectivity index (χ0n) is 9.75. The van der Waals surface area contributed by atoms with E-state index in [4.69, 9.17) is 4.74 Å². The Kier molecular flexibility index (Phi) is 3.27. The fraction of sp³-hybridized carbons (Fsp3) is 0.250. The predicted octanol–water partition coefficient (Wildman–Crippen LogP) is 2.48. The van der Waals surface area contributed by atoms with Crippen molar-refractivity contribution in [2.45, 2.75) is 13.5 Å². The minimum Gasteiger partial charge on any atom is -0.494 e. The molecule has 0 aliphatic heterocycles. The lowest BCUT2D eigenvalue weighted by Gasteiger charge is -2.07. The SMILES string of the molecule is COc1ccc(NCc2cn[nH]c2C)cc1F. The highest BCUT2D eigenvalue weighted by atomic mass is 19.1. The number of hydrogen-bond acceptors (Lipinski definition) is 3. The third-order valence-corrected chi connectivity index (χ3v) is 2.57. The average molecular weight is 235 g/mol. The van der Waals surface area contributed by atoms with Gasteiger partial charge < -0.3 is 10.1 Å². The highest BCUT2D eigenvalue weighted by Gasteiger charge is 2.04. The van der Waals surface area contributed by atoms with Gasteiger partial charge in [0.25, 0.3) is 0 Å². The Balaban J connectivity index is 2.05. The van der Waals surface area contributed by atoms with Crippen LogP contribution in [0.4, 0.5) is 10.1 Å². The van der Waals surface area contributed by atoms with Crippen LogP contribution >= 0.6 is 0 Å². The number of nitrogens with zero attached hydrogens (tertiary/aromatic N) is 1. The minimum atomic E-state index is -0.374. The first-order valence-corrected chi connectivity index (χ1v) is 5.27. The third-order valence-electron chi connectivity index (χ3n) is 2.57. The van der Waals surface area contributed by atoms with Gasteiger partial charge in [0.1, 0.15) is 0 Å². The highest BCUT2D eigenvalue weighted by molar-refractivity contribution is 5.47. The molecule has 0 saturated heterocycles. The van der Waals surface area contributed by atoms with Gasteiger partial charge in [-0.05, 0) is 19.1 Å². The molecule has 17 heavy (non-hydrogen) atoms. The quantitative estimate of drug-likeness (QED) is 0.856. The molecular formula is C12H14FN3O. The van der Waals surface area contributed by atoms with E-state index in [2.05, 4.69) is 15.5 Å². The average Bonchev–Trinajstić information content (AvgIpc) is 2.72. The molecule has 0 aliphatic carbocycles. The molecule has 0 saturated carbocycles. The second-order valence-electron chi connectivity index (χ2n) is 3.72. The van der Waals surface area contributed by atoms with Crippen molar-refractivity contribution < 1.29 is 9.13 Å². The van der Waals surface area contributed by atoms with Crippen molar-refractivity contribution in [3.63, 3.8) is 0 Å². The van der Waals surface area contributed by atoms with E-state index >= 15 is 0 Å². The second-order valence-corrected chi connectivity index (χ2v) is 3.72. The van der Waals surface area contributed by atoms with E-state index in [-0.39, 0.29) is 11.6 Å². The molecule has 0 amide bonds. The number of benzene rings is 1. The van der Waals surface area contributed by atoms with Gasteiger partial charge in [-0.25, -0.2) is 4.39 Å². The summed E-state index contributed by atoms with van der Waals surface area (Å²) in [6.45, 7) is 2.55. The number of rotatable bonds is 4. The van der Waals surface area contributed by atoms with Crippen LogP contribution < -0.4 is 10.1 Å². The molecule has 1 aromatic heterocycles. The van der Waals surface area contributed by atoms with Gasteiger partial charge in [0.2, 0.25) is 0 Å². The number of anilines is 1. The largest absolute Gasteiger partial charge is 0.494 e. The van der Waals surface area contributed by atoms with Gasteiger partial charge in [-0.2, -0.15) is 5.10 Å². The Morgan fingerprint density at radius 1 is 1.47 bits per heavy atom. The van der Waals surface area contributed by atoms with Gasteiger partial charge in [0.15, 0.2) is 11.6 Å². The van der Waals surface area contributed by atoms with Crippen molar-refractivity contribution in [3.05, 3.63) is 41.5 Å². The summed E-state index contributed by atoms with van der Waals surface area (Å²) < 4.78 is 18.3. The summed E-state index contributed by atoms with van der Waals surface area (Å²) in [5.41, 5.74) is 2.77.